The summed E-state index contributed by atoms with van der Waals surface area (Å²) in [4.78, 5) is 22.9. The molecule has 6 nitrogen and oxygen atoms in total. The highest BCUT2D eigenvalue weighted by atomic mass is 16.5. The first-order valence-electron chi connectivity index (χ1n) is 6.19. The second-order valence-corrected chi connectivity index (χ2v) is 4.03. The van der Waals surface area contributed by atoms with Crippen LogP contribution >= 0.6 is 0 Å². The quantitative estimate of drug-likeness (QED) is 0.779. The lowest BCUT2D eigenvalue weighted by atomic mass is 10.2. The number of carbonyl (C=O) groups is 2. The first-order valence-corrected chi connectivity index (χ1v) is 6.19. The van der Waals surface area contributed by atoms with Crippen LogP contribution < -0.4 is 20.1 Å². The minimum atomic E-state index is -0.698. The topological polar surface area (TPSA) is 76.7 Å². The van der Waals surface area contributed by atoms with Crippen molar-refractivity contribution in [2.24, 2.45) is 0 Å². The summed E-state index contributed by atoms with van der Waals surface area (Å²) in [5.41, 5.74) is 0.500. The summed E-state index contributed by atoms with van der Waals surface area (Å²) < 4.78 is 11.0. The zero-order valence-electron chi connectivity index (χ0n) is 10.7. The summed E-state index contributed by atoms with van der Waals surface area (Å²) in [7, 11) is 0. The minimum Gasteiger partial charge on any atom is -0.490 e. The van der Waals surface area contributed by atoms with Gasteiger partial charge in [0.05, 0.1) is 13.2 Å². The molecule has 0 saturated carbocycles. The van der Waals surface area contributed by atoms with Gasteiger partial charge in [-0.1, -0.05) is 0 Å². The smallest absolute Gasteiger partial charge is 0.313 e. The monoisotopic (exact) mass is 264 g/mol. The molecule has 2 rings (SSSR count). The molecule has 1 heterocycles. The Balaban J connectivity index is 2.07. The van der Waals surface area contributed by atoms with E-state index in [1.165, 1.54) is 0 Å². The van der Waals surface area contributed by atoms with Gasteiger partial charge in [0.15, 0.2) is 11.5 Å². The summed E-state index contributed by atoms with van der Waals surface area (Å²) >= 11 is 0. The molecule has 0 fully saturated rings. The Morgan fingerprint density at radius 1 is 1.16 bits per heavy atom. The van der Waals surface area contributed by atoms with E-state index in [0.29, 0.717) is 36.9 Å². The van der Waals surface area contributed by atoms with E-state index in [0.717, 1.165) is 6.42 Å². The largest absolute Gasteiger partial charge is 0.490 e. The van der Waals surface area contributed by atoms with Crippen LogP contribution in [0.15, 0.2) is 18.2 Å². The molecule has 0 spiro atoms. The van der Waals surface area contributed by atoms with E-state index >= 15 is 0 Å². The molecule has 0 bridgehead atoms. The number of rotatable bonds is 2. The van der Waals surface area contributed by atoms with Gasteiger partial charge in [0, 0.05) is 24.7 Å². The minimum absolute atomic E-state index is 0.410. The number of ether oxygens (including phenoxy) is 2. The molecular weight excluding hydrogens is 248 g/mol. The highest BCUT2D eigenvalue weighted by molar-refractivity contribution is 6.39. The van der Waals surface area contributed by atoms with Crippen molar-refractivity contribution < 1.29 is 19.1 Å². The Morgan fingerprint density at radius 2 is 1.89 bits per heavy atom. The van der Waals surface area contributed by atoms with Crippen molar-refractivity contribution in [2.75, 3.05) is 25.1 Å². The molecular formula is C13H16N2O4. The van der Waals surface area contributed by atoms with Gasteiger partial charge in [0.25, 0.3) is 0 Å². The summed E-state index contributed by atoms with van der Waals surface area (Å²) in [5.74, 6) is -0.134. The molecule has 0 atom stereocenters. The summed E-state index contributed by atoms with van der Waals surface area (Å²) in [6.45, 7) is 3.34. The molecule has 0 aromatic heterocycles. The van der Waals surface area contributed by atoms with Crippen molar-refractivity contribution in [2.45, 2.75) is 13.3 Å². The zero-order valence-corrected chi connectivity index (χ0v) is 10.7. The second kappa shape index (κ2) is 6.08. The molecule has 1 aromatic rings. The fourth-order valence-electron chi connectivity index (χ4n) is 1.67. The zero-order chi connectivity index (χ0) is 13.7. The molecule has 0 aliphatic carbocycles. The van der Waals surface area contributed by atoms with Gasteiger partial charge in [-0.2, -0.15) is 0 Å². The SMILES string of the molecule is CCNC(=O)C(=O)Nc1ccc2c(c1)OCCCO2. The number of fused-ring (bicyclic) bond motifs is 1. The standard InChI is InChI=1S/C13H16N2O4/c1-2-14-12(16)13(17)15-9-4-5-10-11(8-9)19-7-3-6-18-10/h4-5,8H,2-3,6-7H2,1H3,(H,14,16)(H,15,17). The summed E-state index contributed by atoms with van der Waals surface area (Å²) in [6, 6.07) is 5.04. The van der Waals surface area contributed by atoms with Crippen molar-refractivity contribution in [3.63, 3.8) is 0 Å². The number of amides is 2. The third-order valence-electron chi connectivity index (χ3n) is 2.55. The molecule has 1 aliphatic heterocycles. The molecule has 19 heavy (non-hydrogen) atoms. The average molecular weight is 264 g/mol. The van der Waals surface area contributed by atoms with E-state index < -0.39 is 11.8 Å². The first kappa shape index (κ1) is 13.2. The maximum atomic E-state index is 11.5. The van der Waals surface area contributed by atoms with Crippen LogP contribution in [-0.2, 0) is 9.59 Å². The number of hydrogen-bond donors (Lipinski definition) is 2. The molecule has 102 valence electrons. The number of carbonyl (C=O) groups excluding carboxylic acids is 2. The third-order valence-corrected chi connectivity index (χ3v) is 2.55. The van der Waals surface area contributed by atoms with E-state index in [2.05, 4.69) is 10.6 Å². The van der Waals surface area contributed by atoms with Crippen LogP contribution in [-0.4, -0.2) is 31.6 Å². The van der Waals surface area contributed by atoms with Gasteiger partial charge in [-0.25, -0.2) is 0 Å². The fraction of sp³-hybridized carbons (Fsp3) is 0.385. The highest BCUT2D eigenvalue weighted by Crippen LogP contribution is 2.32. The molecule has 2 N–H and O–H groups in total. The van der Waals surface area contributed by atoms with Crippen molar-refractivity contribution in [1.29, 1.82) is 0 Å². The Labute approximate surface area is 111 Å². The van der Waals surface area contributed by atoms with E-state index in [4.69, 9.17) is 9.47 Å². The van der Waals surface area contributed by atoms with Gasteiger partial charge in [-0.05, 0) is 19.1 Å². The molecule has 6 heteroatoms. The molecule has 2 amide bonds. The Hall–Kier alpha value is -2.24. The predicted molar refractivity (Wildman–Crippen MR) is 69.4 cm³/mol. The summed E-state index contributed by atoms with van der Waals surface area (Å²) in [6.07, 6.45) is 0.815. The van der Waals surface area contributed by atoms with Crippen LogP contribution in [0.2, 0.25) is 0 Å². The maximum absolute atomic E-state index is 11.5. The second-order valence-electron chi connectivity index (χ2n) is 4.03. The Morgan fingerprint density at radius 3 is 2.63 bits per heavy atom. The van der Waals surface area contributed by atoms with Crippen molar-refractivity contribution >= 4 is 17.5 Å². The van der Waals surface area contributed by atoms with Gasteiger partial charge >= 0.3 is 11.8 Å². The van der Waals surface area contributed by atoms with Crippen LogP contribution in [0.3, 0.4) is 0 Å². The summed E-state index contributed by atoms with van der Waals surface area (Å²) in [5, 5.41) is 4.94. The lowest BCUT2D eigenvalue weighted by molar-refractivity contribution is -0.136. The van der Waals surface area contributed by atoms with Crippen LogP contribution in [0.5, 0.6) is 11.5 Å². The third kappa shape index (κ3) is 3.37. The van der Waals surface area contributed by atoms with Crippen molar-refractivity contribution in [1.82, 2.24) is 5.32 Å². The lowest BCUT2D eigenvalue weighted by Gasteiger charge is -2.10. The molecule has 0 saturated heterocycles. The van der Waals surface area contributed by atoms with E-state index in [-0.39, 0.29) is 0 Å². The number of likely N-dealkylation sites (N-methyl/N-ethyl adjacent to an activating group) is 1. The average Bonchev–Trinajstić information content (AvgIpc) is 2.63. The highest BCUT2D eigenvalue weighted by Gasteiger charge is 2.15. The van der Waals surface area contributed by atoms with Gasteiger partial charge in [-0.3, -0.25) is 9.59 Å². The normalized spacial score (nSPS) is 13.3. The van der Waals surface area contributed by atoms with Crippen LogP contribution in [0, 0.1) is 0 Å². The van der Waals surface area contributed by atoms with Gasteiger partial charge < -0.3 is 20.1 Å². The van der Waals surface area contributed by atoms with E-state index in [1.807, 2.05) is 0 Å². The number of nitrogens with one attached hydrogen (secondary N) is 2. The van der Waals surface area contributed by atoms with E-state index in [9.17, 15) is 9.59 Å². The number of benzene rings is 1. The van der Waals surface area contributed by atoms with Crippen molar-refractivity contribution in [3.8, 4) is 11.5 Å². The van der Waals surface area contributed by atoms with Crippen LogP contribution in [0.25, 0.3) is 0 Å². The van der Waals surface area contributed by atoms with Gasteiger partial charge in [-0.15, -0.1) is 0 Å². The molecule has 0 radical (unpaired) electrons. The Bertz CT molecular complexity index is 488. The van der Waals surface area contributed by atoms with Gasteiger partial charge in [0.2, 0.25) is 0 Å². The molecule has 0 unspecified atom stereocenters. The van der Waals surface area contributed by atoms with Crippen molar-refractivity contribution in [3.05, 3.63) is 18.2 Å². The Kier molecular flexibility index (Phi) is 4.22. The fourth-order valence-corrected chi connectivity index (χ4v) is 1.67. The van der Waals surface area contributed by atoms with Gasteiger partial charge in [0.1, 0.15) is 0 Å². The number of hydrogen-bond acceptors (Lipinski definition) is 4. The van der Waals surface area contributed by atoms with Crippen LogP contribution in [0.4, 0.5) is 5.69 Å². The predicted octanol–water partition coefficient (Wildman–Crippen LogP) is 0.922. The maximum Gasteiger partial charge on any atom is 0.313 e. The molecule has 1 aromatic carbocycles. The molecule has 1 aliphatic rings. The van der Waals surface area contributed by atoms with E-state index in [1.54, 1.807) is 25.1 Å². The lowest BCUT2D eigenvalue weighted by Crippen LogP contribution is -2.35. The first-order chi connectivity index (χ1) is 9.20. The number of anilines is 1. The van der Waals surface area contributed by atoms with Crippen LogP contribution in [0.1, 0.15) is 13.3 Å².